The molecular formula is C16H24N2. The molecule has 0 fully saturated rings. The van der Waals surface area contributed by atoms with E-state index in [1.807, 2.05) is 0 Å². The van der Waals surface area contributed by atoms with Crippen LogP contribution in [0.2, 0.25) is 0 Å². The molecule has 0 radical (unpaired) electrons. The van der Waals surface area contributed by atoms with Gasteiger partial charge in [-0.05, 0) is 43.0 Å². The van der Waals surface area contributed by atoms with Crippen LogP contribution in [0.1, 0.15) is 42.5 Å². The van der Waals surface area contributed by atoms with Crippen LogP contribution in [-0.4, -0.2) is 13.1 Å². The van der Waals surface area contributed by atoms with Crippen molar-refractivity contribution in [2.75, 3.05) is 13.1 Å². The van der Waals surface area contributed by atoms with E-state index in [1.165, 1.54) is 22.3 Å². The Morgan fingerprint density at radius 3 is 2.44 bits per heavy atom. The summed E-state index contributed by atoms with van der Waals surface area (Å²) in [7, 11) is 0. The summed E-state index contributed by atoms with van der Waals surface area (Å²) in [4.78, 5) is 0. The molecule has 0 aliphatic carbocycles. The molecule has 2 heteroatoms. The first-order valence-electron chi connectivity index (χ1n) is 6.55. The van der Waals surface area contributed by atoms with Crippen molar-refractivity contribution in [3.63, 3.8) is 0 Å². The van der Waals surface area contributed by atoms with Gasteiger partial charge in [0.25, 0.3) is 0 Å². The molecule has 1 rings (SSSR count). The molecule has 0 saturated carbocycles. The molecule has 0 aromatic heterocycles. The van der Waals surface area contributed by atoms with Gasteiger partial charge in [0.05, 0.1) is 6.07 Å². The van der Waals surface area contributed by atoms with Gasteiger partial charge in [0.1, 0.15) is 0 Å². The van der Waals surface area contributed by atoms with Crippen molar-refractivity contribution in [2.45, 2.75) is 46.5 Å². The highest BCUT2D eigenvalue weighted by Crippen LogP contribution is 2.28. The zero-order chi connectivity index (χ0) is 13.8. The zero-order valence-corrected chi connectivity index (χ0v) is 12.2. The minimum atomic E-state index is 0.0952. The fourth-order valence-corrected chi connectivity index (χ4v) is 2.33. The van der Waals surface area contributed by atoms with Gasteiger partial charge in [0.2, 0.25) is 0 Å². The number of benzene rings is 1. The summed E-state index contributed by atoms with van der Waals surface area (Å²) < 4.78 is 0. The average Bonchev–Trinajstić information content (AvgIpc) is 2.31. The first kappa shape index (κ1) is 14.7. The summed E-state index contributed by atoms with van der Waals surface area (Å²) in [6.45, 7) is 12.7. The molecule has 0 aliphatic heterocycles. The molecule has 0 unspecified atom stereocenters. The van der Waals surface area contributed by atoms with Crippen LogP contribution in [0.25, 0.3) is 0 Å². The van der Waals surface area contributed by atoms with Crippen molar-refractivity contribution >= 4 is 0 Å². The molecule has 0 amide bonds. The van der Waals surface area contributed by atoms with E-state index in [2.05, 4.69) is 58.1 Å². The topological polar surface area (TPSA) is 35.8 Å². The number of hydrogen-bond acceptors (Lipinski definition) is 2. The van der Waals surface area contributed by atoms with Crippen molar-refractivity contribution in [1.82, 2.24) is 5.32 Å². The maximum Gasteiger partial charge on any atom is 0.0635 e. The van der Waals surface area contributed by atoms with Gasteiger partial charge in [-0.2, -0.15) is 5.26 Å². The lowest BCUT2D eigenvalue weighted by Gasteiger charge is -2.28. The van der Waals surface area contributed by atoms with Crippen LogP contribution in [0, 0.1) is 32.1 Å². The van der Waals surface area contributed by atoms with Gasteiger partial charge in [-0.15, -0.1) is 0 Å². The van der Waals surface area contributed by atoms with Crippen molar-refractivity contribution in [2.24, 2.45) is 0 Å². The van der Waals surface area contributed by atoms with Crippen LogP contribution >= 0.6 is 0 Å². The molecule has 18 heavy (non-hydrogen) atoms. The van der Waals surface area contributed by atoms with Crippen LogP contribution in [0.5, 0.6) is 0 Å². The van der Waals surface area contributed by atoms with Gasteiger partial charge in [-0.3, -0.25) is 0 Å². The Morgan fingerprint density at radius 2 is 1.83 bits per heavy atom. The Kier molecular flexibility index (Phi) is 4.93. The molecule has 0 aliphatic rings. The highest BCUT2D eigenvalue weighted by atomic mass is 14.9. The van der Waals surface area contributed by atoms with Crippen molar-refractivity contribution in [3.8, 4) is 6.07 Å². The molecule has 1 N–H and O–H groups in total. The Balaban J connectivity index is 2.85. The standard InChI is InChI=1S/C16H24N2/c1-12-7-8-15(14(3)13(12)2)16(4,5)11-18-10-6-9-17/h7-8,18H,6,10-11H2,1-5H3. The van der Waals surface area contributed by atoms with E-state index >= 15 is 0 Å². The number of rotatable bonds is 5. The van der Waals surface area contributed by atoms with Crippen LogP contribution in [0.15, 0.2) is 12.1 Å². The Morgan fingerprint density at radius 1 is 1.17 bits per heavy atom. The average molecular weight is 244 g/mol. The van der Waals surface area contributed by atoms with Crippen molar-refractivity contribution in [1.29, 1.82) is 5.26 Å². The van der Waals surface area contributed by atoms with E-state index in [0.717, 1.165) is 13.1 Å². The first-order valence-corrected chi connectivity index (χ1v) is 6.55. The molecule has 2 nitrogen and oxygen atoms in total. The number of nitrogens with one attached hydrogen (secondary N) is 1. The maximum atomic E-state index is 8.53. The fraction of sp³-hybridized carbons (Fsp3) is 0.562. The normalized spacial score (nSPS) is 11.3. The largest absolute Gasteiger partial charge is 0.315 e. The van der Waals surface area contributed by atoms with Crippen molar-refractivity contribution in [3.05, 3.63) is 34.4 Å². The van der Waals surface area contributed by atoms with E-state index in [-0.39, 0.29) is 5.41 Å². The van der Waals surface area contributed by atoms with E-state index in [4.69, 9.17) is 5.26 Å². The molecule has 0 atom stereocenters. The monoisotopic (exact) mass is 244 g/mol. The molecule has 0 saturated heterocycles. The third kappa shape index (κ3) is 3.34. The quantitative estimate of drug-likeness (QED) is 0.806. The SMILES string of the molecule is Cc1ccc(C(C)(C)CNCCC#N)c(C)c1C. The Labute approximate surface area is 111 Å². The highest BCUT2D eigenvalue weighted by molar-refractivity contribution is 5.42. The summed E-state index contributed by atoms with van der Waals surface area (Å²) in [6.07, 6.45) is 0.571. The van der Waals surface area contributed by atoms with Gasteiger partial charge in [-0.1, -0.05) is 26.0 Å². The van der Waals surface area contributed by atoms with Crippen LogP contribution in [-0.2, 0) is 5.41 Å². The molecule has 98 valence electrons. The lowest BCUT2D eigenvalue weighted by molar-refractivity contribution is 0.470. The van der Waals surface area contributed by atoms with Gasteiger partial charge in [-0.25, -0.2) is 0 Å². The van der Waals surface area contributed by atoms with E-state index < -0.39 is 0 Å². The van der Waals surface area contributed by atoms with Gasteiger partial charge in [0.15, 0.2) is 0 Å². The van der Waals surface area contributed by atoms with Gasteiger partial charge < -0.3 is 5.32 Å². The number of nitriles is 1. The minimum Gasteiger partial charge on any atom is -0.315 e. The smallest absolute Gasteiger partial charge is 0.0635 e. The highest BCUT2D eigenvalue weighted by Gasteiger charge is 2.22. The van der Waals surface area contributed by atoms with E-state index in [1.54, 1.807) is 0 Å². The maximum absolute atomic E-state index is 8.53. The molecule has 1 aromatic rings. The Hall–Kier alpha value is -1.33. The van der Waals surface area contributed by atoms with E-state index in [9.17, 15) is 0 Å². The lowest BCUT2D eigenvalue weighted by atomic mass is 9.80. The molecule has 0 bridgehead atoms. The summed E-state index contributed by atoms with van der Waals surface area (Å²) in [5, 5.41) is 11.9. The predicted molar refractivity (Wildman–Crippen MR) is 76.8 cm³/mol. The Bertz CT molecular complexity index is 453. The molecule has 1 aromatic carbocycles. The summed E-state index contributed by atoms with van der Waals surface area (Å²) >= 11 is 0. The molecule has 0 spiro atoms. The summed E-state index contributed by atoms with van der Waals surface area (Å²) in [5.74, 6) is 0. The van der Waals surface area contributed by atoms with Gasteiger partial charge >= 0.3 is 0 Å². The van der Waals surface area contributed by atoms with Crippen LogP contribution in [0.4, 0.5) is 0 Å². The number of nitrogens with zero attached hydrogens (tertiary/aromatic N) is 1. The molecular weight excluding hydrogens is 220 g/mol. The number of hydrogen-bond donors (Lipinski definition) is 1. The fourth-order valence-electron chi connectivity index (χ4n) is 2.33. The molecule has 0 heterocycles. The third-order valence-corrected chi connectivity index (χ3v) is 3.77. The summed E-state index contributed by atoms with van der Waals surface area (Å²) in [5.41, 5.74) is 5.62. The van der Waals surface area contributed by atoms with Gasteiger partial charge in [0, 0.05) is 24.9 Å². The zero-order valence-electron chi connectivity index (χ0n) is 12.2. The van der Waals surface area contributed by atoms with Crippen LogP contribution in [0.3, 0.4) is 0 Å². The second kappa shape index (κ2) is 6.02. The second-order valence-corrected chi connectivity index (χ2v) is 5.65. The summed E-state index contributed by atoms with van der Waals surface area (Å²) in [6, 6.07) is 6.60. The predicted octanol–water partition coefficient (Wildman–Crippen LogP) is 3.39. The number of aryl methyl sites for hydroxylation is 1. The second-order valence-electron chi connectivity index (χ2n) is 5.65. The third-order valence-electron chi connectivity index (χ3n) is 3.77. The lowest BCUT2D eigenvalue weighted by Crippen LogP contribution is -2.34. The van der Waals surface area contributed by atoms with Crippen LogP contribution < -0.4 is 5.32 Å². The first-order chi connectivity index (χ1) is 8.40. The minimum absolute atomic E-state index is 0.0952. The van der Waals surface area contributed by atoms with E-state index in [0.29, 0.717) is 6.42 Å². The van der Waals surface area contributed by atoms with Crippen molar-refractivity contribution < 1.29 is 0 Å².